The number of aromatic nitrogens is 2. The van der Waals surface area contributed by atoms with Gasteiger partial charge in [0.2, 0.25) is 0 Å². The number of urea groups is 1. The van der Waals surface area contributed by atoms with E-state index in [9.17, 15) is 9.90 Å². The molecule has 1 heterocycles. The predicted molar refractivity (Wildman–Crippen MR) is 76.3 cm³/mol. The van der Waals surface area contributed by atoms with Gasteiger partial charge in [0.15, 0.2) is 0 Å². The van der Waals surface area contributed by atoms with Crippen molar-refractivity contribution in [1.29, 1.82) is 0 Å². The average Bonchev–Trinajstić information content (AvgIpc) is 2.96. The predicted octanol–water partition coefficient (Wildman–Crippen LogP) is 1.27. The van der Waals surface area contributed by atoms with Gasteiger partial charge >= 0.3 is 6.03 Å². The second-order valence-corrected chi connectivity index (χ2v) is 5.52. The average molecular weight is 280 g/mol. The smallest absolute Gasteiger partial charge is 0.314 e. The van der Waals surface area contributed by atoms with Crippen LogP contribution >= 0.6 is 0 Å². The number of amides is 2. The summed E-state index contributed by atoms with van der Waals surface area (Å²) in [7, 11) is 0. The van der Waals surface area contributed by atoms with Gasteiger partial charge in [-0.05, 0) is 25.3 Å². The fourth-order valence-corrected chi connectivity index (χ4v) is 2.57. The number of nitrogens with zero attached hydrogens (tertiary/aromatic N) is 2. The molecule has 1 saturated carbocycles. The van der Waals surface area contributed by atoms with Gasteiger partial charge in [0.1, 0.15) is 0 Å². The molecule has 0 unspecified atom stereocenters. The molecule has 0 aromatic carbocycles. The number of carbonyl (C=O) groups excluding carboxylic acids is 1. The Morgan fingerprint density at radius 3 is 2.80 bits per heavy atom. The summed E-state index contributed by atoms with van der Waals surface area (Å²) in [5, 5.41) is 19.9. The number of rotatable bonds is 6. The zero-order valence-electron chi connectivity index (χ0n) is 11.8. The lowest BCUT2D eigenvalue weighted by Gasteiger charge is -2.32. The molecule has 6 nitrogen and oxygen atoms in total. The molecule has 0 bridgehead atoms. The van der Waals surface area contributed by atoms with Crippen LogP contribution in [0, 0.1) is 0 Å². The maximum absolute atomic E-state index is 11.6. The second-order valence-electron chi connectivity index (χ2n) is 5.52. The van der Waals surface area contributed by atoms with Crippen molar-refractivity contribution in [3.63, 3.8) is 0 Å². The monoisotopic (exact) mass is 280 g/mol. The molecule has 0 saturated heterocycles. The summed E-state index contributed by atoms with van der Waals surface area (Å²) in [6, 6.07) is 1.68. The molecule has 6 heteroatoms. The molecule has 2 rings (SSSR count). The van der Waals surface area contributed by atoms with Gasteiger partial charge in [-0.1, -0.05) is 19.3 Å². The van der Waals surface area contributed by atoms with Gasteiger partial charge in [0.05, 0.1) is 5.60 Å². The zero-order valence-corrected chi connectivity index (χ0v) is 11.8. The third kappa shape index (κ3) is 4.85. The molecule has 2 amide bonds. The van der Waals surface area contributed by atoms with Gasteiger partial charge in [0, 0.05) is 32.0 Å². The van der Waals surface area contributed by atoms with Crippen LogP contribution in [-0.4, -0.2) is 39.6 Å². The van der Waals surface area contributed by atoms with Gasteiger partial charge in [-0.15, -0.1) is 0 Å². The highest BCUT2D eigenvalue weighted by Crippen LogP contribution is 2.27. The highest BCUT2D eigenvalue weighted by molar-refractivity contribution is 5.73. The maximum Gasteiger partial charge on any atom is 0.314 e. The fraction of sp³-hybridized carbons (Fsp3) is 0.714. The van der Waals surface area contributed by atoms with Gasteiger partial charge in [0.25, 0.3) is 0 Å². The molecule has 1 fully saturated rings. The van der Waals surface area contributed by atoms with E-state index in [4.69, 9.17) is 0 Å². The normalized spacial score (nSPS) is 17.6. The SMILES string of the molecule is O=C(NCCCn1cccn1)NCC1(O)CCCCC1. The molecule has 1 aromatic rings. The maximum atomic E-state index is 11.6. The highest BCUT2D eigenvalue weighted by Gasteiger charge is 2.29. The Morgan fingerprint density at radius 1 is 1.30 bits per heavy atom. The van der Waals surface area contributed by atoms with E-state index in [1.807, 2.05) is 16.9 Å². The van der Waals surface area contributed by atoms with Crippen LogP contribution in [0.25, 0.3) is 0 Å². The Morgan fingerprint density at radius 2 is 2.10 bits per heavy atom. The first-order chi connectivity index (χ1) is 9.68. The van der Waals surface area contributed by atoms with Crippen molar-refractivity contribution in [2.45, 2.75) is 50.7 Å². The fourth-order valence-electron chi connectivity index (χ4n) is 2.57. The van der Waals surface area contributed by atoms with Crippen LogP contribution in [0.3, 0.4) is 0 Å². The molecule has 1 aliphatic rings. The summed E-state index contributed by atoms with van der Waals surface area (Å²) in [6.07, 6.45) is 9.32. The first kappa shape index (κ1) is 14.8. The number of hydrogen-bond acceptors (Lipinski definition) is 3. The van der Waals surface area contributed by atoms with Crippen molar-refractivity contribution in [3.8, 4) is 0 Å². The molecule has 0 radical (unpaired) electrons. The van der Waals surface area contributed by atoms with E-state index in [0.717, 1.165) is 38.6 Å². The standard InChI is InChI=1S/C14H24N4O2/c19-13(15-8-4-10-18-11-5-9-17-18)16-12-14(20)6-2-1-3-7-14/h5,9,11,20H,1-4,6-8,10,12H2,(H2,15,16,19). The van der Waals surface area contributed by atoms with Gasteiger partial charge in [-0.3, -0.25) is 4.68 Å². The molecular formula is C14H24N4O2. The number of aryl methyl sites for hydroxylation is 1. The van der Waals surface area contributed by atoms with Gasteiger partial charge < -0.3 is 15.7 Å². The van der Waals surface area contributed by atoms with E-state index >= 15 is 0 Å². The molecule has 1 aliphatic carbocycles. The van der Waals surface area contributed by atoms with Crippen molar-refractivity contribution in [3.05, 3.63) is 18.5 Å². The molecule has 0 atom stereocenters. The molecule has 20 heavy (non-hydrogen) atoms. The number of aliphatic hydroxyl groups is 1. The van der Waals surface area contributed by atoms with Crippen molar-refractivity contribution < 1.29 is 9.90 Å². The van der Waals surface area contributed by atoms with E-state index in [-0.39, 0.29) is 6.03 Å². The molecule has 0 spiro atoms. The van der Waals surface area contributed by atoms with Crippen molar-refractivity contribution in [2.24, 2.45) is 0 Å². The second kappa shape index (κ2) is 7.28. The van der Waals surface area contributed by atoms with Crippen LogP contribution in [0.5, 0.6) is 0 Å². The van der Waals surface area contributed by atoms with Crippen LogP contribution in [-0.2, 0) is 6.54 Å². The quantitative estimate of drug-likeness (QED) is 0.687. The van der Waals surface area contributed by atoms with Crippen LogP contribution in [0.4, 0.5) is 4.79 Å². The Hall–Kier alpha value is -1.56. The van der Waals surface area contributed by atoms with Crippen LogP contribution < -0.4 is 10.6 Å². The lowest BCUT2D eigenvalue weighted by molar-refractivity contribution is 0.00720. The van der Waals surface area contributed by atoms with Gasteiger partial charge in [-0.2, -0.15) is 5.10 Å². The third-order valence-electron chi connectivity index (χ3n) is 3.77. The highest BCUT2D eigenvalue weighted by atomic mass is 16.3. The van der Waals surface area contributed by atoms with E-state index in [1.165, 1.54) is 6.42 Å². The summed E-state index contributed by atoms with van der Waals surface area (Å²) in [5.74, 6) is 0. The molecule has 3 N–H and O–H groups in total. The molecule has 1 aromatic heterocycles. The lowest BCUT2D eigenvalue weighted by atomic mass is 9.85. The minimum atomic E-state index is -0.704. The number of nitrogens with one attached hydrogen (secondary N) is 2. The summed E-state index contributed by atoms with van der Waals surface area (Å²) in [5.41, 5.74) is -0.704. The van der Waals surface area contributed by atoms with E-state index < -0.39 is 5.60 Å². The molecule has 0 aliphatic heterocycles. The van der Waals surface area contributed by atoms with Crippen molar-refractivity contribution in [1.82, 2.24) is 20.4 Å². The minimum Gasteiger partial charge on any atom is -0.388 e. The van der Waals surface area contributed by atoms with E-state index in [1.54, 1.807) is 6.20 Å². The largest absolute Gasteiger partial charge is 0.388 e. The summed E-state index contributed by atoms with van der Waals surface area (Å²) in [4.78, 5) is 11.6. The Kier molecular flexibility index (Phi) is 5.40. The van der Waals surface area contributed by atoms with E-state index in [2.05, 4.69) is 15.7 Å². The van der Waals surface area contributed by atoms with Crippen LogP contribution in [0.15, 0.2) is 18.5 Å². The lowest BCUT2D eigenvalue weighted by Crippen LogP contribution is -2.47. The van der Waals surface area contributed by atoms with Crippen LogP contribution in [0.2, 0.25) is 0 Å². The Bertz CT molecular complexity index is 399. The summed E-state index contributed by atoms with van der Waals surface area (Å²) in [6.45, 7) is 1.74. The van der Waals surface area contributed by atoms with E-state index in [0.29, 0.717) is 13.1 Å². The first-order valence-corrected chi connectivity index (χ1v) is 7.39. The molecule has 112 valence electrons. The Balaban J connectivity index is 1.56. The Labute approximate surface area is 119 Å². The van der Waals surface area contributed by atoms with Crippen molar-refractivity contribution in [2.75, 3.05) is 13.1 Å². The summed E-state index contributed by atoms with van der Waals surface area (Å²) >= 11 is 0. The van der Waals surface area contributed by atoms with Crippen LogP contribution in [0.1, 0.15) is 38.5 Å². The number of hydrogen-bond donors (Lipinski definition) is 3. The van der Waals surface area contributed by atoms with Gasteiger partial charge in [-0.25, -0.2) is 4.79 Å². The van der Waals surface area contributed by atoms with Crippen molar-refractivity contribution >= 4 is 6.03 Å². The summed E-state index contributed by atoms with van der Waals surface area (Å²) < 4.78 is 1.84. The minimum absolute atomic E-state index is 0.204. The third-order valence-corrected chi connectivity index (χ3v) is 3.77. The zero-order chi connectivity index (χ0) is 14.3. The molecular weight excluding hydrogens is 256 g/mol. The topological polar surface area (TPSA) is 79.2 Å². The number of carbonyl (C=O) groups is 1. The first-order valence-electron chi connectivity index (χ1n) is 7.39.